The van der Waals surface area contributed by atoms with Gasteiger partial charge in [-0.2, -0.15) is 0 Å². The molecule has 0 aromatic carbocycles. The highest BCUT2D eigenvalue weighted by atomic mass is 32.1. The lowest BCUT2D eigenvalue weighted by Crippen LogP contribution is -2.48. The average Bonchev–Trinajstić information content (AvgIpc) is 2.91. The Labute approximate surface area is 158 Å². The van der Waals surface area contributed by atoms with E-state index in [0.717, 1.165) is 44.3 Å². The molecule has 1 amide bonds. The van der Waals surface area contributed by atoms with E-state index in [2.05, 4.69) is 10.2 Å². The number of aryl methyl sites for hydroxylation is 1. The van der Waals surface area contributed by atoms with Crippen molar-refractivity contribution in [2.75, 3.05) is 31.6 Å². The Morgan fingerprint density at radius 3 is 2.62 bits per heavy atom. The van der Waals surface area contributed by atoms with E-state index in [1.807, 2.05) is 13.8 Å². The minimum atomic E-state index is -0.323. The fourth-order valence-electron chi connectivity index (χ4n) is 3.86. The summed E-state index contributed by atoms with van der Waals surface area (Å²) in [6.45, 7) is 7.96. The molecule has 1 aromatic heterocycles. The number of fused-ring (bicyclic) bond motifs is 1. The third-order valence-electron chi connectivity index (χ3n) is 4.77. The first-order valence-electron chi connectivity index (χ1n) is 9.47. The van der Waals surface area contributed by atoms with Gasteiger partial charge in [-0.15, -0.1) is 11.3 Å². The molecule has 1 N–H and O–H groups in total. The summed E-state index contributed by atoms with van der Waals surface area (Å²) in [5, 5.41) is 3.63. The van der Waals surface area contributed by atoms with Gasteiger partial charge in [0.1, 0.15) is 5.00 Å². The van der Waals surface area contributed by atoms with Crippen molar-refractivity contribution < 1.29 is 19.1 Å². The average molecular weight is 381 g/mol. The molecule has 6 nitrogen and oxygen atoms in total. The molecule has 1 aliphatic carbocycles. The van der Waals surface area contributed by atoms with E-state index in [-0.39, 0.29) is 24.1 Å². The number of ether oxygens (including phenoxy) is 2. The molecular weight excluding hydrogens is 352 g/mol. The standard InChI is InChI=1S/C19H28N2O4S/c1-4-24-19(23)17-14-7-5-6-8-15(14)26-18(17)20-16(22)11-21-9-12(2)25-13(3)10-21/h12-13H,4-11H2,1-3H3,(H,20,22). The van der Waals surface area contributed by atoms with Gasteiger partial charge in [-0.05, 0) is 52.0 Å². The van der Waals surface area contributed by atoms with Gasteiger partial charge in [0.25, 0.3) is 0 Å². The molecular formula is C19H28N2O4S. The summed E-state index contributed by atoms with van der Waals surface area (Å²) in [7, 11) is 0. The second-order valence-electron chi connectivity index (χ2n) is 7.14. The van der Waals surface area contributed by atoms with Crippen LogP contribution in [0, 0.1) is 0 Å². The number of amides is 1. The molecule has 26 heavy (non-hydrogen) atoms. The first-order chi connectivity index (χ1) is 12.5. The van der Waals surface area contributed by atoms with Crippen molar-refractivity contribution in [3.05, 3.63) is 16.0 Å². The second-order valence-corrected chi connectivity index (χ2v) is 8.24. The number of carbonyl (C=O) groups is 2. The highest BCUT2D eigenvalue weighted by Crippen LogP contribution is 2.38. The Balaban J connectivity index is 1.73. The monoisotopic (exact) mass is 380 g/mol. The number of carbonyl (C=O) groups excluding carboxylic acids is 2. The van der Waals surface area contributed by atoms with Crippen molar-refractivity contribution in [3.63, 3.8) is 0 Å². The Morgan fingerprint density at radius 2 is 1.92 bits per heavy atom. The third-order valence-corrected chi connectivity index (χ3v) is 5.97. The molecule has 0 bridgehead atoms. The summed E-state index contributed by atoms with van der Waals surface area (Å²) in [6.07, 6.45) is 4.31. The zero-order valence-electron chi connectivity index (χ0n) is 15.8. The van der Waals surface area contributed by atoms with Crippen molar-refractivity contribution in [1.82, 2.24) is 4.90 Å². The van der Waals surface area contributed by atoms with Gasteiger partial charge < -0.3 is 14.8 Å². The molecule has 0 saturated carbocycles. The summed E-state index contributed by atoms with van der Waals surface area (Å²) < 4.78 is 11.0. The van der Waals surface area contributed by atoms with Crippen molar-refractivity contribution in [3.8, 4) is 0 Å². The van der Waals surface area contributed by atoms with Crippen molar-refractivity contribution in [1.29, 1.82) is 0 Å². The van der Waals surface area contributed by atoms with E-state index < -0.39 is 0 Å². The number of hydrogen-bond acceptors (Lipinski definition) is 6. The zero-order valence-corrected chi connectivity index (χ0v) is 16.6. The zero-order chi connectivity index (χ0) is 18.7. The normalized spacial score (nSPS) is 23.3. The Bertz CT molecular complexity index is 663. The molecule has 0 spiro atoms. The lowest BCUT2D eigenvalue weighted by molar-refractivity contribution is -0.121. The number of thiophene rings is 1. The van der Waals surface area contributed by atoms with Crippen LogP contribution >= 0.6 is 11.3 Å². The number of rotatable bonds is 5. The van der Waals surface area contributed by atoms with Crippen molar-refractivity contribution in [2.24, 2.45) is 0 Å². The molecule has 0 radical (unpaired) electrons. The van der Waals surface area contributed by atoms with E-state index in [1.54, 1.807) is 6.92 Å². The van der Waals surface area contributed by atoms with Gasteiger partial charge in [0.05, 0.1) is 30.9 Å². The molecule has 2 heterocycles. The summed E-state index contributed by atoms with van der Waals surface area (Å²) in [5.74, 6) is -0.411. The van der Waals surface area contributed by atoms with Gasteiger partial charge in [0, 0.05) is 18.0 Å². The summed E-state index contributed by atoms with van der Waals surface area (Å²) >= 11 is 1.53. The SMILES string of the molecule is CCOC(=O)c1c(NC(=O)CN2CC(C)OC(C)C2)sc2c1CCCC2. The maximum Gasteiger partial charge on any atom is 0.341 e. The summed E-state index contributed by atoms with van der Waals surface area (Å²) in [5.41, 5.74) is 1.65. The molecule has 2 aliphatic rings. The van der Waals surface area contributed by atoms with E-state index in [9.17, 15) is 9.59 Å². The van der Waals surface area contributed by atoms with E-state index in [4.69, 9.17) is 9.47 Å². The minimum absolute atomic E-state index is 0.0876. The van der Waals surface area contributed by atoms with Crippen LogP contribution in [0.25, 0.3) is 0 Å². The fraction of sp³-hybridized carbons (Fsp3) is 0.684. The van der Waals surface area contributed by atoms with Crippen molar-refractivity contribution in [2.45, 2.75) is 58.7 Å². The van der Waals surface area contributed by atoms with Crippen LogP contribution < -0.4 is 5.32 Å². The highest BCUT2D eigenvalue weighted by molar-refractivity contribution is 7.17. The van der Waals surface area contributed by atoms with Crippen LogP contribution in [0.15, 0.2) is 0 Å². The smallest absolute Gasteiger partial charge is 0.341 e. The van der Waals surface area contributed by atoms with E-state index in [0.29, 0.717) is 23.7 Å². The number of anilines is 1. The van der Waals surface area contributed by atoms with Crippen LogP contribution in [0.1, 0.15) is 54.4 Å². The van der Waals surface area contributed by atoms with Crippen LogP contribution in [0.5, 0.6) is 0 Å². The number of nitrogens with zero attached hydrogens (tertiary/aromatic N) is 1. The third kappa shape index (κ3) is 4.45. The van der Waals surface area contributed by atoms with Crippen LogP contribution in [-0.2, 0) is 27.1 Å². The molecule has 144 valence electrons. The van der Waals surface area contributed by atoms with Gasteiger partial charge in [0.2, 0.25) is 5.91 Å². The Hall–Kier alpha value is -1.44. The highest BCUT2D eigenvalue weighted by Gasteiger charge is 2.28. The molecule has 7 heteroatoms. The van der Waals surface area contributed by atoms with Crippen LogP contribution in [0.2, 0.25) is 0 Å². The van der Waals surface area contributed by atoms with Crippen LogP contribution in [0.3, 0.4) is 0 Å². The quantitative estimate of drug-likeness (QED) is 0.796. The molecule has 3 rings (SSSR count). The molecule has 1 aliphatic heterocycles. The molecule has 2 unspecified atom stereocenters. The fourth-order valence-corrected chi connectivity index (χ4v) is 5.15. The van der Waals surface area contributed by atoms with Gasteiger partial charge in [-0.1, -0.05) is 0 Å². The van der Waals surface area contributed by atoms with Gasteiger partial charge >= 0.3 is 5.97 Å². The number of esters is 1. The molecule has 2 atom stereocenters. The first-order valence-corrected chi connectivity index (χ1v) is 10.3. The second kappa shape index (κ2) is 8.50. The van der Waals surface area contributed by atoms with E-state index >= 15 is 0 Å². The maximum atomic E-state index is 12.6. The lowest BCUT2D eigenvalue weighted by atomic mass is 9.95. The van der Waals surface area contributed by atoms with Crippen molar-refractivity contribution >= 4 is 28.2 Å². The van der Waals surface area contributed by atoms with Crippen LogP contribution in [0.4, 0.5) is 5.00 Å². The summed E-state index contributed by atoms with van der Waals surface area (Å²) in [6, 6.07) is 0. The molecule has 1 saturated heterocycles. The number of nitrogens with one attached hydrogen (secondary N) is 1. The largest absolute Gasteiger partial charge is 0.462 e. The predicted octanol–water partition coefficient (Wildman–Crippen LogP) is 2.85. The predicted molar refractivity (Wildman–Crippen MR) is 102 cm³/mol. The molecule has 1 aromatic rings. The maximum absolute atomic E-state index is 12.6. The molecule has 1 fully saturated rings. The number of hydrogen-bond donors (Lipinski definition) is 1. The minimum Gasteiger partial charge on any atom is -0.462 e. The van der Waals surface area contributed by atoms with Gasteiger partial charge in [-0.25, -0.2) is 4.79 Å². The topological polar surface area (TPSA) is 67.9 Å². The first kappa shape index (κ1) is 19.3. The Morgan fingerprint density at radius 1 is 1.23 bits per heavy atom. The van der Waals surface area contributed by atoms with Gasteiger partial charge in [-0.3, -0.25) is 9.69 Å². The lowest BCUT2D eigenvalue weighted by Gasteiger charge is -2.34. The van der Waals surface area contributed by atoms with Gasteiger partial charge in [0.15, 0.2) is 0 Å². The summed E-state index contributed by atoms with van der Waals surface area (Å²) in [4.78, 5) is 28.4. The van der Waals surface area contributed by atoms with Crippen LogP contribution in [-0.4, -0.2) is 55.2 Å². The number of morpholine rings is 1. The van der Waals surface area contributed by atoms with E-state index in [1.165, 1.54) is 16.2 Å². The Kier molecular flexibility index (Phi) is 6.32.